The molecular weight excluding hydrogens is 438 g/mol. The summed E-state index contributed by atoms with van der Waals surface area (Å²) >= 11 is 0. The van der Waals surface area contributed by atoms with Gasteiger partial charge in [0.1, 0.15) is 12.7 Å². The van der Waals surface area contributed by atoms with Crippen molar-refractivity contribution < 1.29 is 19.1 Å². The summed E-state index contributed by atoms with van der Waals surface area (Å²) < 4.78 is 11.1. The number of hydrogen-bond donors (Lipinski definition) is 0. The van der Waals surface area contributed by atoms with E-state index in [-0.39, 0.29) is 18.0 Å². The van der Waals surface area contributed by atoms with Crippen molar-refractivity contribution in [1.29, 1.82) is 0 Å². The molecule has 0 saturated carbocycles. The average Bonchev–Trinajstić information content (AvgIpc) is 2.82. The zero-order chi connectivity index (χ0) is 26.0. The summed E-state index contributed by atoms with van der Waals surface area (Å²) in [5.74, 6) is -0.0994. The van der Waals surface area contributed by atoms with Gasteiger partial charge in [-0.2, -0.15) is 0 Å². The maximum atomic E-state index is 12.2. The largest absolute Gasteiger partial charge is 0.462 e. The van der Waals surface area contributed by atoms with Crippen molar-refractivity contribution in [2.75, 3.05) is 27.2 Å². The Bertz CT molecular complexity index is 518. The predicted molar refractivity (Wildman–Crippen MR) is 148 cm³/mol. The van der Waals surface area contributed by atoms with Crippen LogP contribution in [0.3, 0.4) is 0 Å². The molecule has 0 rings (SSSR count). The molecule has 0 aliphatic heterocycles. The van der Waals surface area contributed by atoms with E-state index in [2.05, 4.69) is 24.8 Å². The fourth-order valence-electron chi connectivity index (χ4n) is 4.09. The highest BCUT2D eigenvalue weighted by Gasteiger charge is 2.14. The minimum absolute atomic E-state index is 0.0272. The summed E-state index contributed by atoms with van der Waals surface area (Å²) in [7, 11) is 4.07. The Morgan fingerprint density at radius 2 is 1.26 bits per heavy atom. The summed E-state index contributed by atoms with van der Waals surface area (Å²) in [6, 6.07) is 0. The van der Waals surface area contributed by atoms with Gasteiger partial charge in [0.05, 0.1) is 0 Å². The van der Waals surface area contributed by atoms with Crippen molar-refractivity contribution in [2.24, 2.45) is 0 Å². The Morgan fingerprint density at radius 1 is 0.686 bits per heavy atom. The zero-order valence-electron chi connectivity index (χ0n) is 23.7. The summed E-state index contributed by atoms with van der Waals surface area (Å²) in [4.78, 5) is 26.0. The van der Waals surface area contributed by atoms with E-state index < -0.39 is 0 Å². The molecule has 206 valence electrons. The average molecular weight is 496 g/mol. The van der Waals surface area contributed by atoms with Crippen LogP contribution in [0.4, 0.5) is 0 Å². The molecule has 0 radical (unpaired) electrons. The first-order valence-corrected chi connectivity index (χ1v) is 14.6. The van der Waals surface area contributed by atoms with Gasteiger partial charge in [-0.15, -0.1) is 0 Å². The van der Waals surface area contributed by atoms with Gasteiger partial charge >= 0.3 is 11.9 Å². The van der Waals surface area contributed by atoms with E-state index >= 15 is 0 Å². The zero-order valence-corrected chi connectivity index (χ0v) is 23.7. The third-order valence-electron chi connectivity index (χ3n) is 6.30. The van der Waals surface area contributed by atoms with Gasteiger partial charge in [-0.05, 0) is 65.6 Å². The van der Waals surface area contributed by atoms with Crippen LogP contribution in [0.5, 0.6) is 0 Å². The quantitative estimate of drug-likeness (QED) is 0.0729. The van der Waals surface area contributed by atoms with Gasteiger partial charge in [0.25, 0.3) is 0 Å². The number of unbranched alkanes of at least 4 members (excludes halogenated alkanes) is 11. The van der Waals surface area contributed by atoms with Gasteiger partial charge < -0.3 is 14.4 Å². The molecule has 0 aromatic carbocycles. The fourth-order valence-corrected chi connectivity index (χ4v) is 4.09. The molecule has 1 atom stereocenters. The lowest BCUT2D eigenvalue weighted by atomic mass is 10.0. The van der Waals surface area contributed by atoms with Gasteiger partial charge in [0.2, 0.25) is 0 Å². The highest BCUT2D eigenvalue weighted by molar-refractivity contribution is 5.69. The standard InChI is InChI=1S/C30H57NO4/c1-5-7-9-16-20-27-34-29(32)24-19-15-13-11-10-12-14-18-23-28(22-17-8-6-2)35-30(33)25-21-26-31(3)4/h16,20,28H,5-15,17-19,21-27H2,1-4H3/b20-16-. The first-order chi connectivity index (χ1) is 17.0. The normalized spacial score (nSPS) is 12.4. The number of carbonyl (C=O) groups excluding carboxylic acids is 2. The molecule has 0 aliphatic carbocycles. The smallest absolute Gasteiger partial charge is 0.306 e. The van der Waals surface area contributed by atoms with Crippen LogP contribution in [-0.2, 0) is 19.1 Å². The third kappa shape index (κ3) is 25.5. The number of esters is 2. The second kappa shape index (κ2) is 25.7. The predicted octanol–water partition coefficient (Wildman–Crippen LogP) is 8.01. The SMILES string of the molecule is CCCC/C=C\COC(=O)CCCCCCCCCCC(CCCCC)OC(=O)CCCN(C)C. The molecule has 5 nitrogen and oxygen atoms in total. The Labute approximate surface area is 217 Å². The van der Waals surface area contributed by atoms with Crippen molar-refractivity contribution in [3.05, 3.63) is 12.2 Å². The first-order valence-electron chi connectivity index (χ1n) is 14.6. The Balaban J connectivity index is 3.75. The molecule has 0 spiro atoms. The minimum atomic E-state index is -0.0722. The van der Waals surface area contributed by atoms with Crippen molar-refractivity contribution >= 4 is 11.9 Å². The van der Waals surface area contributed by atoms with Crippen molar-refractivity contribution in [3.8, 4) is 0 Å². The van der Waals surface area contributed by atoms with E-state index in [4.69, 9.17) is 9.47 Å². The number of ether oxygens (including phenoxy) is 2. The summed E-state index contributed by atoms with van der Waals surface area (Å²) in [6.07, 6.45) is 24.4. The first kappa shape index (κ1) is 33.6. The summed E-state index contributed by atoms with van der Waals surface area (Å²) in [5, 5.41) is 0. The van der Waals surface area contributed by atoms with Gasteiger partial charge in [-0.3, -0.25) is 9.59 Å². The molecule has 1 unspecified atom stereocenters. The number of nitrogens with zero attached hydrogens (tertiary/aromatic N) is 1. The molecule has 0 N–H and O–H groups in total. The lowest BCUT2D eigenvalue weighted by molar-refractivity contribution is -0.150. The van der Waals surface area contributed by atoms with Crippen LogP contribution in [0.25, 0.3) is 0 Å². The minimum Gasteiger partial charge on any atom is -0.462 e. The summed E-state index contributed by atoms with van der Waals surface area (Å²) in [6.45, 7) is 5.73. The van der Waals surface area contributed by atoms with Crippen LogP contribution in [0.15, 0.2) is 12.2 Å². The van der Waals surface area contributed by atoms with Crippen molar-refractivity contribution in [1.82, 2.24) is 4.90 Å². The van der Waals surface area contributed by atoms with Gasteiger partial charge in [-0.25, -0.2) is 0 Å². The fraction of sp³-hybridized carbons (Fsp3) is 0.867. The Morgan fingerprint density at radius 3 is 1.89 bits per heavy atom. The van der Waals surface area contributed by atoms with Gasteiger partial charge in [0.15, 0.2) is 0 Å². The number of hydrogen-bond acceptors (Lipinski definition) is 5. The molecule has 0 bridgehead atoms. The molecule has 0 saturated heterocycles. The highest BCUT2D eigenvalue weighted by atomic mass is 16.5. The van der Waals surface area contributed by atoms with Gasteiger partial charge in [0, 0.05) is 12.8 Å². The molecule has 0 heterocycles. The Kier molecular flexibility index (Phi) is 24.7. The lowest BCUT2D eigenvalue weighted by Gasteiger charge is -2.18. The molecular formula is C30H57NO4. The highest BCUT2D eigenvalue weighted by Crippen LogP contribution is 2.17. The summed E-state index contributed by atoms with van der Waals surface area (Å²) in [5.41, 5.74) is 0. The van der Waals surface area contributed by atoms with Crippen LogP contribution in [0.2, 0.25) is 0 Å². The molecule has 5 heteroatoms. The maximum absolute atomic E-state index is 12.2. The molecule has 0 fully saturated rings. The number of allylic oxidation sites excluding steroid dienone is 1. The molecule has 35 heavy (non-hydrogen) atoms. The van der Waals surface area contributed by atoms with E-state index in [0.29, 0.717) is 19.4 Å². The van der Waals surface area contributed by atoms with Gasteiger partial charge in [-0.1, -0.05) is 90.2 Å². The van der Waals surface area contributed by atoms with Crippen LogP contribution in [0.1, 0.15) is 136 Å². The maximum Gasteiger partial charge on any atom is 0.306 e. The molecule has 0 aromatic heterocycles. The second-order valence-electron chi connectivity index (χ2n) is 10.2. The molecule has 0 aromatic rings. The van der Waals surface area contributed by atoms with Crippen molar-refractivity contribution in [3.63, 3.8) is 0 Å². The van der Waals surface area contributed by atoms with E-state index in [1.165, 1.54) is 57.8 Å². The monoisotopic (exact) mass is 495 g/mol. The van der Waals surface area contributed by atoms with Crippen LogP contribution < -0.4 is 0 Å². The number of rotatable bonds is 25. The van der Waals surface area contributed by atoms with E-state index in [9.17, 15) is 9.59 Å². The topological polar surface area (TPSA) is 55.8 Å². The van der Waals surface area contributed by atoms with E-state index in [1.54, 1.807) is 0 Å². The van der Waals surface area contributed by atoms with Crippen LogP contribution in [0, 0.1) is 0 Å². The lowest BCUT2D eigenvalue weighted by Crippen LogP contribution is -2.20. The number of carbonyl (C=O) groups is 2. The molecule has 0 aliphatic rings. The molecule has 0 amide bonds. The van der Waals surface area contributed by atoms with Crippen LogP contribution >= 0.6 is 0 Å². The van der Waals surface area contributed by atoms with E-state index in [1.807, 2.05) is 20.2 Å². The Hall–Kier alpha value is -1.36. The second-order valence-corrected chi connectivity index (χ2v) is 10.2. The van der Waals surface area contributed by atoms with Crippen LogP contribution in [-0.4, -0.2) is 50.2 Å². The van der Waals surface area contributed by atoms with Crippen molar-refractivity contribution in [2.45, 2.75) is 142 Å². The third-order valence-corrected chi connectivity index (χ3v) is 6.30. The van der Waals surface area contributed by atoms with E-state index in [0.717, 1.165) is 57.9 Å².